The molecule has 122 valence electrons. The van der Waals surface area contributed by atoms with Gasteiger partial charge in [0.2, 0.25) is 11.9 Å². The van der Waals surface area contributed by atoms with E-state index in [2.05, 4.69) is 30.9 Å². The standard InChI is InChI=1S/C15H16N8O/c16-3-4-18-11-5-9(7-19-12(11)6-17)21-15-20-8-13-10(23-15)1-2-14(24)22-13/h5,7-8,18H,1-4,16H2,(H,22,24)(H,20,21,23). The van der Waals surface area contributed by atoms with Crippen LogP contribution in [0.3, 0.4) is 0 Å². The van der Waals surface area contributed by atoms with Gasteiger partial charge in [0.05, 0.1) is 35.1 Å². The van der Waals surface area contributed by atoms with Crippen molar-refractivity contribution < 1.29 is 4.79 Å². The van der Waals surface area contributed by atoms with Gasteiger partial charge in [-0.25, -0.2) is 15.0 Å². The molecule has 0 unspecified atom stereocenters. The first kappa shape index (κ1) is 15.6. The van der Waals surface area contributed by atoms with Gasteiger partial charge in [0.25, 0.3) is 0 Å². The Bertz CT molecular complexity index is 814. The minimum absolute atomic E-state index is 0.0290. The third-order valence-electron chi connectivity index (χ3n) is 3.44. The summed E-state index contributed by atoms with van der Waals surface area (Å²) in [5.41, 5.74) is 8.44. The van der Waals surface area contributed by atoms with Crippen LogP contribution in [0.25, 0.3) is 0 Å². The molecule has 0 atom stereocenters. The zero-order chi connectivity index (χ0) is 16.9. The van der Waals surface area contributed by atoms with Crippen LogP contribution in [0.15, 0.2) is 18.5 Å². The Morgan fingerprint density at radius 2 is 2.21 bits per heavy atom. The fraction of sp³-hybridized carbons (Fsp3) is 0.267. The Morgan fingerprint density at radius 3 is 3.00 bits per heavy atom. The largest absolute Gasteiger partial charge is 0.381 e. The highest BCUT2D eigenvalue weighted by atomic mass is 16.1. The van der Waals surface area contributed by atoms with Gasteiger partial charge in [-0.3, -0.25) is 4.79 Å². The molecule has 1 aliphatic heterocycles. The van der Waals surface area contributed by atoms with Crippen molar-refractivity contribution in [3.05, 3.63) is 29.8 Å². The van der Waals surface area contributed by atoms with Crippen LogP contribution in [0, 0.1) is 11.3 Å². The Kier molecular flexibility index (Phi) is 4.49. The van der Waals surface area contributed by atoms with E-state index >= 15 is 0 Å². The number of anilines is 4. The minimum atomic E-state index is -0.0290. The van der Waals surface area contributed by atoms with Gasteiger partial charge in [-0.1, -0.05) is 0 Å². The van der Waals surface area contributed by atoms with Gasteiger partial charge in [-0.2, -0.15) is 5.26 Å². The molecule has 2 aromatic rings. The van der Waals surface area contributed by atoms with Crippen molar-refractivity contribution in [2.45, 2.75) is 12.8 Å². The Balaban J connectivity index is 1.81. The summed E-state index contributed by atoms with van der Waals surface area (Å²) in [5, 5.41) is 17.9. The van der Waals surface area contributed by atoms with Gasteiger partial charge in [0.1, 0.15) is 6.07 Å². The number of nitrogens with zero attached hydrogens (tertiary/aromatic N) is 4. The molecule has 0 fully saturated rings. The van der Waals surface area contributed by atoms with E-state index in [1.807, 2.05) is 6.07 Å². The highest BCUT2D eigenvalue weighted by Gasteiger charge is 2.17. The monoisotopic (exact) mass is 324 g/mol. The maximum Gasteiger partial charge on any atom is 0.227 e. The Morgan fingerprint density at radius 1 is 1.33 bits per heavy atom. The third kappa shape index (κ3) is 3.39. The first-order chi connectivity index (χ1) is 11.7. The molecule has 1 amide bonds. The number of amides is 1. The summed E-state index contributed by atoms with van der Waals surface area (Å²) in [6.07, 6.45) is 4.10. The van der Waals surface area contributed by atoms with Crippen LogP contribution in [0.5, 0.6) is 0 Å². The maximum absolute atomic E-state index is 11.4. The number of fused-ring (bicyclic) bond motifs is 1. The van der Waals surface area contributed by atoms with Gasteiger partial charge in [0, 0.05) is 25.9 Å². The maximum atomic E-state index is 11.4. The molecule has 9 nitrogen and oxygen atoms in total. The second-order valence-corrected chi connectivity index (χ2v) is 5.17. The molecule has 0 saturated heterocycles. The number of aryl methyl sites for hydroxylation is 1. The molecule has 0 radical (unpaired) electrons. The second-order valence-electron chi connectivity index (χ2n) is 5.17. The summed E-state index contributed by atoms with van der Waals surface area (Å²) in [6, 6.07) is 3.78. The first-order valence-corrected chi connectivity index (χ1v) is 7.46. The van der Waals surface area contributed by atoms with Crippen LogP contribution < -0.4 is 21.7 Å². The van der Waals surface area contributed by atoms with E-state index in [1.165, 1.54) is 6.20 Å². The van der Waals surface area contributed by atoms with E-state index in [9.17, 15) is 4.79 Å². The molecular weight excluding hydrogens is 308 g/mol. The summed E-state index contributed by atoms with van der Waals surface area (Å²) in [6.45, 7) is 0.983. The molecule has 0 saturated carbocycles. The molecular formula is C15H16N8O. The van der Waals surface area contributed by atoms with E-state index in [0.717, 1.165) is 5.69 Å². The zero-order valence-corrected chi connectivity index (χ0v) is 12.8. The van der Waals surface area contributed by atoms with E-state index < -0.39 is 0 Å². The van der Waals surface area contributed by atoms with Crippen molar-refractivity contribution in [1.29, 1.82) is 5.26 Å². The normalized spacial score (nSPS) is 12.8. The minimum Gasteiger partial charge on any atom is -0.381 e. The number of pyridine rings is 1. The van der Waals surface area contributed by atoms with Crippen LogP contribution in [-0.4, -0.2) is 33.9 Å². The molecule has 5 N–H and O–H groups in total. The first-order valence-electron chi connectivity index (χ1n) is 7.46. The summed E-state index contributed by atoms with van der Waals surface area (Å²) in [7, 11) is 0. The van der Waals surface area contributed by atoms with Gasteiger partial charge < -0.3 is 21.7 Å². The highest BCUT2D eigenvalue weighted by Crippen LogP contribution is 2.23. The summed E-state index contributed by atoms with van der Waals surface area (Å²) < 4.78 is 0. The Hall–Kier alpha value is -3.25. The van der Waals surface area contributed by atoms with Gasteiger partial charge >= 0.3 is 0 Å². The van der Waals surface area contributed by atoms with Gasteiger partial charge in [-0.05, 0) is 6.07 Å². The lowest BCUT2D eigenvalue weighted by molar-refractivity contribution is -0.116. The van der Waals surface area contributed by atoms with E-state index in [0.29, 0.717) is 54.6 Å². The number of carbonyl (C=O) groups excluding carboxylic acids is 1. The fourth-order valence-electron chi connectivity index (χ4n) is 2.31. The fourth-order valence-corrected chi connectivity index (χ4v) is 2.31. The van der Waals surface area contributed by atoms with E-state index in [4.69, 9.17) is 11.0 Å². The van der Waals surface area contributed by atoms with E-state index in [-0.39, 0.29) is 5.91 Å². The van der Waals surface area contributed by atoms with Crippen LogP contribution in [-0.2, 0) is 11.2 Å². The molecule has 2 aromatic heterocycles. The summed E-state index contributed by atoms with van der Waals surface area (Å²) >= 11 is 0. The van der Waals surface area contributed by atoms with Gasteiger partial charge in [-0.15, -0.1) is 0 Å². The van der Waals surface area contributed by atoms with Crippen molar-refractivity contribution in [2.75, 3.05) is 29.0 Å². The average molecular weight is 324 g/mol. The predicted molar refractivity (Wildman–Crippen MR) is 88.8 cm³/mol. The number of hydrogen-bond acceptors (Lipinski definition) is 8. The van der Waals surface area contributed by atoms with Crippen molar-refractivity contribution in [3.8, 4) is 6.07 Å². The zero-order valence-electron chi connectivity index (χ0n) is 12.8. The number of aromatic nitrogens is 3. The molecule has 3 rings (SSSR count). The van der Waals surface area contributed by atoms with Crippen molar-refractivity contribution in [1.82, 2.24) is 15.0 Å². The molecule has 3 heterocycles. The lowest BCUT2D eigenvalue weighted by Crippen LogP contribution is -2.20. The lowest BCUT2D eigenvalue weighted by atomic mass is 10.1. The van der Waals surface area contributed by atoms with Crippen molar-refractivity contribution in [2.24, 2.45) is 5.73 Å². The third-order valence-corrected chi connectivity index (χ3v) is 3.44. The average Bonchev–Trinajstić information content (AvgIpc) is 2.60. The molecule has 9 heteroatoms. The van der Waals surface area contributed by atoms with Crippen LogP contribution >= 0.6 is 0 Å². The van der Waals surface area contributed by atoms with Crippen LogP contribution in [0.1, 0.15) is 17.8 Å². The van der Waals surface area contributed by atoms with E-state index in [1.54, 1.807) is 12.3 Å². The number of hydrogen-bond donors (Lipinski definition) is 4. The van der Waals surface area contributed by atoms with Crippen molar-refractivity contribution >= 4 is 28.9 Å². The molecule has 24 heavy (non-hydrogen) atoms. The number of rotatable bonds is 5. The number of nitrogens with one attached hydrogen (secondary N) is 3. The molecule has 1 aliphatic rings. The molecule has 0 aromatic carbocycles. The Labute approximate surface area is 138 Å². The quantitative estimate of drug-likeness (QED) is 0.631. The predicted octanol–water partition coefficient (Wildman–Crippen LogP) is 0.742. The molecule has 0 aliphatic carbocycles. The highest BCUT2D eigenvalue weighted by molar-refractivity contribution is 5.93. The SMILES string of the molecule is N#Cc1ncc(Nc2ncc3c(n2)CCC(=O)N3)cc1NCCN. The summed E-state index contributed by atoms with van der Waals surface area (Å²) in [4.78, 5) is 24.1. The molecule has 0 bridgehead atoms. The topological polar surface area (TPSA) is 142 Å². The molecule has 0 spiro atoms. The number of nitriles is 1. The smallest absolute Gasteiger partial charge is 0.227 e. The summed E-state index contributed by atoms with van der Waals surface area (Å²) in [5.74, 6) is 0.375. The second kappa shape index (κ2) is 6.89. The van der Waals surface area contributed by atoms with Crippen LogP contribution in [0.4, 0.5) is 23.0 Å². The number of nitrogens with two attached hydrogens (primary N) is 1. The van der Waals surface area contributed by atoms with Gasteiger partial charge in [0.15, 0.2) is 5.69 Å². The van der Waals surface area contributed by atoms with Crippen molar-refractivity contribution in [3.63, 3.8) is 0 Å². The van der Waals surface area contributed by atoms with Crippen LogP contribution in [0.2, 0.25) is 0 Å². The number of carbonyl (C=O) groups is 1. The lowest BCUT2D eigenvalue weighted by Gasteiger charge is -2.16.